The Balaban J connectivity index is 1.41. The number of piperidine rings is 1. The highest BCUT2D eigenvalue weighted by molar-refractivity contribution is 5.84. The second-order valence-corrected chi connectivity index (χ2v) is 7.17. The average molecular weight is 379 g/mol. The summed E-state index contributed by atoms with van der Waals surface area (Å²) in [4.78, 5) is 26.8. The predicted molar refractivity (Wildman–Crippen MR) is 92.7 cm³/mol. The molecule has 2 aromatic rings. The van der Waals surface area contributed by atoms with Crippen LogP contribution in [0.15, 0.2) is 30.3 Å². The van der Waals surface area contributed by atoms with Gasteiger partial charge in [-0.3, -0.25) is 9.59 Å². The standard InChI is InChI=1S/C19H20F3N3O2/c20-19(21,22)18(27)23-7-5-13(6-8-23)17(26)24-9-10-25-15(12-24)11-14-3-1-2-4-16(14)25/h1-4,11,13H,5-10,12H2. The lowest BCUT2D eigenvalue weighted by Gasteiger charge is -2.36. The summed E-state index contributed by atoms with van der Waals surface area (Å²) in [5.41, 5.74) is 2.22. The summed E-state index contributed by atoms with van der Waals surface area (Å²) in [5, 5.41) is 1.14. The summed E-state index contributed by atoms with van der Waals surface area (Å²) < 4.78 is 39.8. The largest absolute Gasteiger partial charge is 0.471 e. The molecule has 0 aliphatic carbocycles. The van der Waals surface area contributed by atoms with Crippen molar-refractivity contribution in [2.24, 2.45) is 5.92 Å². The Labute approximate surface area is 154 Å². The van der Waals surface area contributed by atoms with E-state index >= 15 is 0 Å². The number of aromatic nitrogens is 1. The van der Waals surface area contributed by atoms with Crippen LogP contribution >= 0.6 is 0 Å². The normalized spacial score (nSPS) is 18.6. The van der Waals surface area contributed by atoms with E-state index in [4.69, 9.17) is 0 Å². The van der Waals surface area contributed by atoms with Crippen LogP contribution in [0.1, 0.15) is 18.5 Å². The summed E-state index contributed by atoms with van der Waals surface area (Å²) in [7, 11) is 0. The van der Waals surface area contributed by atoms with E-state index in [1.165, 1.54) is 0 Å². The number of hydrogen-bond donors (Lipinski definition) is 0. The molecule has 8 heteroatoms. The monoisotopic (exact) mass is 379 g/mol. The number of amides is 2. The van der Waals surface area contributed by atoms with Gasteiger partial charge >= 0.3 is 12.1 Å². The highest BCUT2D eigenvalue weighted by Crippen LogP contribution is 2.28. The molecule has 2 aliphatic rings. The molecule has 3 heterocycles. The van der Waals surface area contributed by atoms with E-state index in [1.54, 1.807) is 4.90 Å². The van der Waals surface area contributed by atoms with Crippen molar-refractivity contribution in [1.82, 2.24) is 14.4 Å². The average Bonchev–Trinajstić information content (AvgIpc) is 3.04. The minimum atomic E-state index is -4.85. The highest BCUT2D eigenvalue weighted by Gasteiger charge is 2.44. The third kappa shape index (κ3) is 3.28. The van der Waals surface area contributed by atoms with Gasteiger partial charge in [-0.25, -0.2) is 0 Å². The summed E-state index contributed by atoms with van der Waals surface area (Å²) in [6.07, 6.45) is -4.29. The number of alkyl halides is 3. The third-order valence-electron chi connectivity index (χ3n) is 5.53. The number of hydrogen-bond acceptors (Lipinski definition) is 2. The topological polar surface area (TPSA) is 45.6 Å². The molecule has 2 aliphatic heterocycles. The number of para-hydroxylation sites is 1. The van der Waals surface area contributed by atoms with Crippen LogP contribution in [0.5, 0.6) is 0 Å². The second kappa shape index (κ2) is 6.58. The molecular formula is C19H20F3N3O2. The molecule has 144 valence electrons. The molecule has 1 fully saturated rings. The number of fused-ring (bicyclic) bond motifs is 3. The molecule has 27 heavy (non-hydrogen) atoms. The molecule has 0 saturated carbocycles. The molecular weight excluding hydrogens is 359 g/mol. The summed E-state index contributed by atoms with van der Waals surface area (Å²) >= 11 is 0. The first-order chi connectivity index (χ1) is 12.8. The fraction of sp³-hybridized carbons (Fsp3) is 0.474. The third-order valence-corrected chi connectivity index (χ3v) is 5.53. The van der Waals surface area contributed by atoms with Crippen LogP contribution < -0.4 is 0 Å². The van der Waals surface area contributed by atoms with Crippen molar-refractivity contribution >= 4 is 22.7 Å². The molecule has 1 saturated heterocycles. The number of nitrogens with zero attached hydrogens (tertiary/aromatic N) is 3. The molecule has 0 radical (unpaired) electrons. The van der Waals surface area contributed by atoms with Crippen molar-refractivity contribution in [3.05, 3.63) is 36.0 Å². The van der Waals surface area contributed by atoms with Crippen LogP contribution in [0.3, 0.4) is 0 Å². The van der Waals surface area contributed by atoms with E-state index in [1.807, 2.05) is 18.2 Å². The Morgan fingerprint density at radius 1 is 0.963 bits per heavy atom. The lowest BCUT2D eigenvalue weighted by molar-refractivity contribution is -0.187. The Kier molecular flexibility index (Phi) is 4.36. The van der Waals surface area contributed by atoms with Crippen LogP contribution in [0.4, 0.5) is 13.2 Å². The number of rotatable bonds is 1. The second-order valence-electron chi connectivity index (χ2n) is 7.17. The van der Waals surface area contributed by atoms with E-state index in [-0.39, 0.29) is 37.8 Å². The van der Waals surface area contributed by atoms with E-state index < -0.39 is 12.1 Å². The zero-order chi connectivity index (χ0) is 19.2. The summed E-state index contributed by atoms with van der Waals surface area (Å²) in [6, 6.07) is 10.2. The lowest BCUT2D eigenvalue weighted by atomic mass is 9.95. The highest BCUT2D eigenvalue weighted by atomic mass is 19.4. The first kappa shape index (κ1) is 17.9. The fourth-order valence-electron chi connectivity index (χ4n) is 4.11. The number of carbonyl (C=O) groups excluding carboxylic acids is 2. The van der Waals surface area contributed by atoms with Gasteiger partial charge < -0.3 is 14.4 Å². The molecule has 5 nitrogen and oxygen atoms in total. The van der Waals surface area contributed by atoms with Crippen LogP contribution in [0.2, 0.25) is 0 Å². The molecule has 4 rings (SSSR count). The maximum atomic E-state index is 12.8. The van der Waals surface area contributed by atoms with Crippen molar-refractivity contribution in [3.8, 4) is 0 Å². The van der Waals surface area contributed by atoms with E-state index in [0.29, 0.717) is 19.6 Å². The quantitative estimate of drug-likeness (QED) is 0.765. The SMILES string of the molecule is O=C(C1CCN(C(=O)C(F)(F)F)CC1)N1CCn2c(cc3ccccc32)C1. The first-order valence-corrected chi connectivity index (χ1v) is 9.06. The summed E-state index contributed by atoms with van der Waals surface area (Å²) in [6.45, 7) is 1.76. The van der Waals surface area contributed by atoms with E-state index in [9.17, 15) is 22.8 Å². The lowest BCUT2D eigenvalue weighted by Crippen LogP contribution is -2.49. The van der Waals surface area contributed by atoms with Gasteiger partial charge in [0.05, 0.1) is 6.54 Å². The molecule has 1 aromatic carbocycles. The summed E-state index contributed by atoms with van der Waals surface area (Å²) in [5.74, 6) is -2.15. The van der Waals surface area contributed by atoms with Crippen molar-refractivity contribution < 1.29 is 22.8 Å². The van der Waals surface area contributed by atoms with Gasteiger partial charge in [-0.05, 0) is 30.4 Å². The molecule has 0 atom stereocenters. The van der Waals surface area contributed by atoms with Gasteiger partial charge in [-0.15, -0.1) is 0 Å². The van der Waals surface area contributed by atoms with Crippen LogP contribution in [-0.4, -0.2) is 52.0 Å². The zero-order valence-corrected chi connectivity index (χ0v) is 14.7. The maximum absolute atomic E-state index is 12.8. The van der Waals surface area contributed by atoms with Crippen molar-refractivity contribution in [1.29, 1.82) is 0 Å². The first-order valence-electron chi connectivity index (χ1n) is 9.06. The molecule has 1 aromatic heterocycles. The molecule has 0 N–H and O–H groups in total. The van der Waals surface area contributed by atoms with Crippen molar-refractivity contribution in [2.75, 3.05) is 19.6 Å². The number of carbonyl (C=O) groups is 2. The van der Waals surface area contributed by atoms with Gasteiger partial charge in [0.25, 0.3) is 0 Å². The Hall–Kier alpha value is -2.51. The van der Waals surface area contributed by atoms with Crippen LogP contribution in [-0.2, 0) is 22.7 Å². The number of benzene rings is 1. The minimum Gasteiger partial charge on any atom is -0.341 e. The van der Waals surface area contributed by atoms with E-state index in [0.717, 1.165) is 21.5 Å². The Morgan fingerprint density at radius 3 is 2.37 bits per heavy atom. The molecule has 2 amide bonds. The van der Waals surface area contributed by atoms with Gasteiger partial charge in [-0.1, -0.05) is 18.2 Å². The van der Waals surface area contributed by atoms with E-state index in [2.05, 4.69) is 16.7 Å². The van der Waals surface area contributed by atoms with Crippen LogP contribution in [0.25, 0.3) is 10.9 Å². The van der Waals surface area contributed by atoms with Crippen LogP contribution in [0, 0.1) is 5.92 Å². The number of halogens is 3. The number of likely N-dealkylation sites (tertiary alicyclic amines) is 1. The molecule has 0 bridgehead atoms. The van der Waals surface area contributed by atoms with Gasteiger partial charge in [0.2, 0.25) is 5.91 Å². The molecule has 0 unspecified atom stereocenters. The smallest absolute Gasteiger partial charge is 0.341 e. The predicted octanol–water partition coefficient (Wildman–Crippen LogP) is 2.78. The minimum absolute atomic E-state index is 0.0226. The zero-order valence-electron chi connectivity index (χ0n) is 14.7. The van der Waals surface area contributed by atoms with Gasteiger partial charge in [0, 0.05) is 43.3 Å². The van der Waals surface area contributed by atoms with Gasteiger partial charge in [-0.2, -0.15) is 13.2 Å². The maximum Gasteiger partial charge on any atom is 0.471 e. The Morgan fingerprint density at radius 2 is 1.67 bits per heavy atom. The fourth-order valence-corrected chi connectivity index (χ4v) is 4.11. The van der Waals surface area contributed by atoms with Gasteiger partial charge in [0.1, 0.15) is 0 Å². The van der Waals surface area contributed by atoms with Crippen molar-refractivity contribution in [2.45, 2.75) is 32.1 Å². The van der Waals surface area contributed by atoms with Gasteiger partial charge in [0.15, 0.2) is 0 Å². The Bertz CT molecular complexity index is 882. The van der Waals surface area contributed by atoms with Crippen molar-refractivity contribution in [3.63, 3.8) is 0 Å². The molecule has 0 spiro atoms.